The molecule has 1 atom stereocenters. The van der Waals surface area contributed by atoms with E-state index in [1.165, 1.54) is 17.0 Å². The third-order valence-electron chi connectivity index (χ3n) is 3.69. The molecule has 0 fully saturated rings. The topological polar surface area (TPSA) is 102 Å². The smallest absolute Gasteiger partial charge is 0.339 e. The Balaban J connectivity index is 2.34. The maximum atomic E-state index is 12.5. The Hall–Kier alpha value is -3.42. The molecule has 2 rings (SSSR count). The van der Waals surface area contributed by atoms with Crippen LogP contribution in [0.25, 0.3) is 0 Å². The number of ether oxygens (including phenoxy) is 1. The van der Waals surface area contributed by atoms with Gasteiger partial charge >= 0.3 is 5.97 Å². The minimum Gasteiger partial charge on any atom is -0.444 e. The van der Waals surface area contributed by atoms with E-state index in [-0.39, 0.29) is 16.9 Å². The maximum absolute atomic E-state index is 12.5. The second kappa shape index (κ2) is 8.11. The zero-order valence-corrected chi connectivity index (χ0v) is 14.6. The lowest BCUT2D eigenvalue weighted by atomic mass is 10.1. The average molecular weight is 357 g/mol. The molecule has 1 unspecified atom stereocenters. The van der Waals surface area contributed by atoms with E-state index in [0.717, 1.165) is 6.07 Å². The Kier molecular flexibility index (Phi) is 5.90. The standard InChI is InChI=1S/C18H19N3O5/c1-19-14-10-9-13(11-15(14)21(24)25)18(23)26-16(17(22)20(2)3)12-7-5-4-6-8-12/h4-11,16,19H,1-3H3. The van der Waals surface area contributed by atoms with E-state index < -0.39 is 22.9 Å². The number of carbonyl (C=O) groups is 2. The van der Waals surface area contributed by atoms with Crippen LogP contribution in [0, 0.1) is 10.1 Å². The molecule has 0 saturated heterocycles. The number of carbonyl (C=O) groups excluding carboxylic acids is 2. The lowest BCUT2D eigenvalue weighted by Gasteiger charge is -2.21. The van der Waals surface area contributed by atoms with Crippen LogP contribution in [0.5, 0.6) is 0 Å². The molecule has 8 heteroatoms. The summed E-state index contributed by atoms with van der Waals surface area (Å²) in [5.41, 5.74) is 0.525. The highest BCUT2D eigenvalue weighted by Crippen LogP contribution is 2.27. The van der Waals surface area contributed by atoms with Gasteiger partial charge in [0.15, 0.2) is 0 Å². The van der Waals surface area contributed by atoms with E-state index in [2.05, 4.69) is 5.32 Å². The summed E-state index contributed by atoms with van der Waals surface area (Å²) in [6, 6.07) is 12.5. The van der Waals surface area contributed by atoms with Crippen molar-refractivity contribution in [2.45, 2.75) is 6.10 Å². The lowest BCUT2D eigenvalue weighted by molar-refractivity contribution is -0.384. The summed E-state index contributed by atoms with van der Waals surface area (Å²) >= 11 is 0. The number of likely N-dealkylation sites (N-methyl/N-ethyl adjacent to an activating group) is 1. The highest BCUT2D eigenvalue weighted by atomic mass is 16.6. The normalized spacial score (nSPS) is 11.3. The fourth-order valence-corrected chi connectivity index (χ4v) is 2.32. The van der Waals surface area contributed by atoms with E-state index >= 15 is 0 Å². The van der Waals surface area contributed by atoms with Gasteiger partial charge in [0.05, 0.1) is 10.5 Å². The number of nitrogens with zero attached hydrogens (tertiary/aromatic N) is 2. The summed E-state index contributed by atoms with van der Waals surface area (Å²) in [6.07, 6.45) is -1.14. The predicted octanol–water partition coefficient (Wildman–Crippen LogP) is 2.62. The van der Waals surface area contributed by atoms with Crippen LogP contribution in [0.1, 0.15) is 22.0 Å². The highest BCUT2D eigenvalue weighted by Gasteiger charge is 2.28. The molecule has 0 radical (unpaired) electrons. The second-order valence-corrected chi connectivity index (χ2v) is 5.67. The number of benzene rings is 2. The highest BCUT2D eigenvalue weighted by molar-refractivity contribution is 5.94. The molecule has 0 bridgehead atoms. The molecular formula is C18H19N3O5. The summed E-state index contributed by atoms with van der Waals surface area (Å²) < 4.78 is 5.38. The minimum atomic E-state index is -1.14. The summed E-state index contributed by atoms with van der Waals surface area (Å²) in [7, 11) is 4.65. The van der Waals surface area contributed by atoms with Gasteiger partial charge in [-0.25, -0.2) is 4.79 Å². The first-order valence-corrected chi connectivity index (χ1v) is 7.78. The third-order valence-corrected chi connectivity index (χ3v) is 3.69. The van der Waals surface area contributed by atoms with Crippen LogP contribution in [-0.2, 0) is 9.53 Å². The van der Waals surface area contributed by atoms with Crippen LogP contribution < -0.4 is 5.32 Å². The van der Waals surface area contributed by atoms with Crippen molar-refractivity contribution in [3.05, 3.63) is 69.8 Å². The zero-order chi connectivity index (χ0) is 19.3. The number of anilines is 1. The first kappa shape index (κ1) is 18.9. The van der Waals surface area contributed by atoms with Crippen LogP contribution in [0.3, 0.4) is 0 Å². The molecule has 0 heterocycles. The Morgan fingerprint density at radius 1 is 1.15 bits per heavy atom. The van der Waals surface area contributed by atoms with E-state index in [4.69, 9.17) is 4.74 Å². The van der Waals surface area contributed by atoms with Crippen LogP contribution in [0.4, 0.5) is 11.4 Å². The summed E-state index contributed by atoms with van der Waals surface area (Å²) in [4.78, 5) is 36.8. The van der Waals surface area contributed by atoms with Crippen molar-refractivity contribution in [3.63, 3.8) is 0 Å². The van der Waals surface area contributed by atoms with Crippen molar-refractivity contribution in [2.75, 3.05) is 26.5 Å². The fraction of sp³-hybridized carbons (Fsp3) is 0.222. The molecule has 136 valence electrons. The van der Waals surface area contributed by atoms with Crippen molar-refractivity contribution >= 4 is 23.3 Å². The van der Waals surface area contributed by atoms with Crippen LogP contribution in [0.2, 0.25) is 0 Å². The first-order chi connectivity index (χ1) is 12.3. The van der Waals surface area contributed by atoms with Gasteiger partial charge in [-0.2, -0.15) is 0 Å². The summed E-state index contributed by atoms with van der Waals surface area (Å²) in [5, 5.41) is 13.8. The number of nitrogens with one attached hydrogen (secondary N) is 1. The van der Waals surface area contributed by atoms with Crippen molar-refractivity contribution in [1.82, 2.24) is 4.90 Å². The van der Waals surface area contributed by atoms with Gasteiger partial charge in [-0.3, -0.25) is 14.9 Å². The number of nitro groups is 1. The molecule has 0 spiro atoms. The molecule has 0 aromatic heterocycles. The number of hydrogen-bond donors (Lipinski definition) is 1. The van der Waals surface area contributed by atoms with Gasteiger partial charge in [0.25, 0.3) is 11.6 Å². The molecule has 0 aliphatic rings. The second-order valence-electron chi connectivity index (χ2n) is 5.67. The van der Waals surface area contributed by atoms with E-state index in [1.54, 1.807) is 51.5 Å². The summed E-state index contributed by atoms with van der Waals surface area (Å²) in [5.74, 6) is -1.23. The summed E-state index contributed by atoms with van der Waals surface area (Å²) in [6.45, 7) is 0. The van der Waals surface area contributed by atoms with Gasteiger partial charge in [-0.05, 0) is 12.1 Å². The molecule has 8 nitrogen and oxygen atoms in total. The Bertz CT molecular complexity index is 821. The molecule has 26 heavy (non-hydrogen) atoms. The largest absolute Gasteiger partial charge is 0.444 e. The van der Waals surface area contributed by atoms with Gasteiger partial charge in [0.1, 0.15) is 5.69 Å². The van der Waals surface area contributed by atoms with Gasteiger partial charge in [-0.15, -0.1) is 0 Å². The minimum absolute atomic E-state index is 0.0109. The predicted molar refractivity (Wildman–Crippen MR) is 95.9 cm³/mol. The number of hydrogen-bond acceptors (Lipinski definition) is 6. The fourth-order valence-electron chi connectivity index (χ4n) is 2.32. The molecule has 1 N–H and O–H groups in total. The molecule has 2 aromatic rings. The Labute approximate surface area is 150 Å². The monoisotopic (exact) mass is 357 g/mol. The van der Waals surface area contributed by atoms with E-state index in [9.17, 15) is 19.7 Å². The van der Waals surface area contributed by atoms with Crippen LogP contribution >= 0.6 is 0 Å². The lowest BCUT2D eigenvalue weighted by Crippen LogP contribution is -2.31. The molecule has 0 aliphatic heterocycles. The first-order valence-electron chi connectivity index (χ1n) is 7.78. The van der Waals surface area contributed by atoms with E-state index in [0.29, 0.717) is 5.56 Å². The average Bonchev–Trinajstić information content (AvgIpc) is 2.65. The SMILES string of the molecule is CNc1ccc(C(=O)OC(C(=O)N(C)C)c2ccccc2)cc1[N+](=O)[O-]. The van der Waals surface area contributed by atoms with E-state index in [1.807, 2.05) is 0 Å². The number of esters is 1. The van der Waals surface area contributed by atoms with Crippen molar-refractivity contribution in [2.24, 2.45) is 0 Å². The molecular weight excluding hydrogens is 338 g/mol. The van der Waals surface area contributed by atoms with Crippen molar-refractivity contribution in [3.8, 4) is 0 Å². The number of amides is 1. The van der Waals surface area contributed by atoms with Crippen molar-refractivity contribution in [1.29, 1.82) is 0 Å². The van der Waals surface area contributed by atoms with Gasteiger partial charge in [0, 0.05) is 32.8 Å². The molecule has 1 amide bonds. The number of nitro benzene ring substituents is 1. The van der Waals surface area contributed by atoms with Crippen molar-refractivity contribution < 1.29 is 19.2 Å². The van der Waals surface area contributed by atoms with Crippen LogP contribution in [0.15, 0.2) is 48.5 Å². The van der Waals surface area contributed by atoms with Gasteiger partial charge < -0.3 is 15.0 Å². The van der Waals surface area contributed by atoms with Gasteiger partial charge in [-0.1, -0.05) is 30.3 Å². The van der Waals surface area contributed by atoms with Crippen LogP contribution in [-0.4, -0.2) is 42.8 Å². The quantitative estimate of drug-likeness (QED) is 0.484. The molecule has 0 saturated carbocycles. The van der Waals surface area contributed by atoms with Gasteiger partial charge in [0.2, 0.25) is 6.10 Å². The molecule has 2 aromatic carbocycles. The zero-order valence-electron chi connectivity index (χ0n) is 14.6. The Morgan fingerprint density at radius 3 is 2.35 bits per heavy atom. The number of rotatable bonds is 6. The Morgan fingerprint density at radius 2 is 1.81 bits per heavy atom. The third kappa shape index (κ3) is 4.15. The molecule has 0 aliphatic carbocycles. The maximum Gasteiger partial charge on any atom is 0.339 e.